The maximum Gasteiger partial charge on any atom is 0.329 e. The molecule has 0 aromatic rings. The van der Waals surface area contributed by atoms with Gasteiger partial charge in [0.2, 0.25) is 5.91 Å². The lowest BCUT2D eigenvalue weighted by atomic mass is 9.86. The molecule has 6 nitrogen and oxygen atoms in total. The van der Waals surface area contributed by atoms with Gasteiger partial charge in [-0.05, 0) is 46.0 Å². The Labute approximate surface area is 144 Å². The molecule has 1 unspecified atom stereocenters. The number of nitrogens with one attached hydrogen (secondary N) is 1. The zero-order valence-corrected chi connectivity index (χ0v) is 15.5. The molecule has 0 bridgehead atoms. The third kappa shape index (κ3) is 6.99. The highest BCUT2D eigenvalue weighted by molar-refractivity contribution is 5.86. The predicted molar refractivity (Wildman–Crippen MR) is 90.4 cm³/mol. The van der Waals surface area contributed by atoms with E-state index in [1.807, 2.05) is 13.8 Å². The summed E-state index contributed by atoms with van der Waals surface area (Å²) >= 11 is 0. The number of hydrogen-bond donors (Lipinski definition) is 1. The lowest BCUT2D eigenvalue weighted by Gasteiger charge is -2.31. The Morgan fingerprint density at radius 2 is 1.92 bits per heavy atom. The van der Waals surface area contributed by atoms with Crippen LogP contribution in [0.5, 0.6) is 0 Å². The van der Waals surface area contributed by atoms with Gasteiger partial charge in [-0.3, -0.25) is 4.79 Å². The van der Waals surface area contributed by atoms with Crippen LogP contribution >= 0.6 is 0 Å². The number of amides is 1. The number of esters is 1. The Hall–Kier alpha value is -1.43. The van der Waals surface area contributed by atoms with E-state index in [9.17, 15) is 14.4 Å². The molecular weight excluding hydrogens is 310 g/mol. The molecule has 1 rings (SSSR count). The molecule has 1 aliphatic carbocycles. The highest BCUT2D eigenvalue weighted by Gasteiger charge is 2.33. The van der Waals surface area contributed by atoms with E-state index >= 15 is 0 Å². The molecule has 0 aromatic carbocycles. The van der Waals surface area contributed by atoms with Gasteiger partial charge >= 0.3 is 5.97 Å². The molecule has 0 aromatic heterocycles. The van der Waals surface area contributed by atoms with Gasteiger partial charge < -0.3 is 19.6 Å². The summed E-state index contributed by atoms with van der Waals surface area (Å²) in [6.07, 6.45) is 3.74. The van der Waals surface area contributed by atoms with Crippen LogP contribution in [0.25, 0.3) is 0 Å². The maximum atomic E-state index is 12.6. The largest absolute Gasteiger partial charge is 0.458 e. The van der Waals surface area contributed by atoms with Crippen LogP contribution in [0.15, 0.2) is 0 Å². The minimum atomic E-state index is -0.659. The van der Waals surface area contributed by atoms with Crippen LogP contribution in [-0.4, -0.2) is 42.5 Å². The molecule has 1 aliphatic rings. The molecule has 24 heavy (non-hydrogen) atoms. The molecule has 0 saturated heterocycles. The standard InChI is InChI=1S/C18H31NO5/c1-12(2)15(17(22)24-18(3,4)5)19-16(21)13-7-6-8-14(11-13)23-10-9-20/h9,12-15H,6-8,10-11H2,1-5H3,(H,19,21)/t13-,14+,15?/m1/s1. The topological polar surface area (TPSA) is 81.7 Å². The Morgan fingerprint density at radius 3 is 2.46 bits per heavy atom. The molecule has 0 spiro atoms. The Balaban J connectivity index is 2.64. The first-order valence-electron chi connectivity index (χ1n) is 8.72. The number of rotatable bonds is 7. The Morgan fingerprint density at radius 1 is 1.25 bits per heavy atom. The minimum absolute atomic E-state index is 0.0606. The average molecular weight is 341 g/mol. The second-order valence-corrected chi connectivity index (χ2v) is 7.75. The lowest BCUT2D eigenvalue weighted by Crippen LogP contribution is -2.49. The fraction of sp³-hybridized carbons (Fsp3) is 0.833. The second kappa shape index (κ2) is 9.16. The van der Waals surface area contributed by atoms with Crippen LogP contribution in [-0.2, 0) is 23.9 Å². The van der Waals surface area contributed by atoms with Crippen molar-refractivity contribution >= 4 is 18.2 Å². The second-order valence-electron chi connectivity index (χ2n) is 7.75. The SMILES string of the molecule is CC(C)C(NC(=O)[C@@H]1CCC[C@H](OCC=O)C1)C(=O)OC(C)(C)C. The van der Waals surface area contributed by atoms with Crippen molar-refractivity contribution in [3.8, 4) is 0 Å². The van der Waals surface area contributed by atoms with Gasteiger partial charge in [0.05, 0.1) is 6.10 Å². The summed E-state index contributed by atoms with van der Waals surface area (Å²) in [5, 5.41) is 2.85. The first kappa shape index (κ1) is 20.6. The molecule has 0 aliphatic heterocycles. The van der Waals surface area contributed by atoms with Crippen LogP contribution in [0, 0.1) is 11.8 Å². The van der Waals surface area contributed by atoms with Crippen LogP contribution in [0.4, 0.5) is 0 Å². The van der Waals surface area contributed by atoms with Crippen LogP contribution < -0.4 is 5.32 Å². The van der Waals surface area contributed by atoms with Crippen molar-refractivity contribution < 1.29 is 23.9 Å². The van der Waals surface area contributed by atoms with Crippen molar-refractivity contribution in [1.29, 1.82) is 0 Å². The van der Waals surface area contributed by atoms with E-state index in [2.05, 4.69) is 5.32 Å². The molecule has 1 N–H and O–H groups in total. The number of carbonyl (C=O) groups is 3. The summed E-state index contributed by atoms with van der Waals surface area (Å²) in [5.41, 5.74) is -0.590. The fourth-order valence-corrected chi connectivity index (χ4v) is 2.84. The van der Waals surface area contributed by atoms with Crippen LogP contribution in [0.2, 0.25) is 0 Å². The van der Waals surface area contributed by atoms with Gasteiger partial charge in [-0.15, -0.1) is 0 Å². The molecule has 1 saturated carbocycles. The van der Waals surface area contributed by atoms with E-state index in [1.165, 1.54) is 0 Å². The van der Waals surface area contributed by atoms with Crippen LogP contribution in [0.3, 0.4) is 0 Å². The third-order valence-electron chi connectivity index (χ3n) is 4.02. The van der Waals surface area contributed by atoms with Gasteiger partial charge in [-0.2, -0.15) is 0 Å². The van der Waals surface area contributed by atoms with E-state index < -0.39 is 17.6 Å². The zero-order chi connectivity index (χ0) is 18.3. The van der Waals surface area contributed by atoms with Crippen molar-refractivity contribution in [2.45, 2.75) is 78.0 Å². The number of aldehydes is 1. The van der Waals surface area contributed by atoms with Crippen molar-refractivity contribution in [2.75, 3.05) is 6.61 Å². The first-order valence-corrected chi connectivity index (χ1v) is 8.72. The molecule has 1 fully saturated rings. The molecule has 6 heteroatoms. The molecule has 0 heterocycles. The van der Waals surface area contributed by atoms with Gasteiger partial charge in [-0.1, -0.05) is 20.3 Å². The summed E-state index contributed by atoms with van der Waals surface area (Å²) in [7, 11) is 0. The van der Waals surface area contributed by atoms with E-state index in [1.54, 1.807) is 20.8 Å². The van der Waals surface area contributed by atoms with E-state index in [0.29, 0.717) is 6.42 Å². The molecule has 0 radical (unpaired) electrons. The number of carbonyl (C=O) groups excluding carboxylic acids is 3. The van der Waals surface area contributed by atoms with Gasteiger partial charge in [-0.25, -0.2) is 4.79 Å². The maximum absolute atomic E-state index is 12.6. The lowest BCUT2D eigenvalue weighted by molar-refractivity contribution is -0.160. The monoisotopic (exact) mass is 341 g/mol. The van der Waals surface area contributed by atoms with Crippen molar-refractivity contribution in [3.63, 3.8) is 0 Å². The third-order valence-corrected chi connectivity index (χ3v) is 4.02. The predicted octanol–water partition coefficient (Wildman–Crippen LogP) is 2.24. The van der Waals surface area contributed by atoms with Gasteiger partial charge in [0.25, 0.3) is 0 Å². The summed E-state index contributed by atoms with van der Waals surface area (Å²) in [6.45, 7) is 9.24. The zero-order valence-electron chi connectivity index (χ0n) is 15.5. The first-order chi connectivity index (χ1) is 11.1. The molecule has 1 amide bonds. The van der Waals surface area contributed by atoms with Crippen molar-refractivity contribution in [1.82, 2.24) is 5.32 Å². The molecule has 138 valence electrons. The Bertz CT molecular complexity index is 441. The van der Waals surface area contributed by atoms with Crippen molar-refractivity contribution in [3.05, 3.63) is 0 Å². The number of hydrogen-bond acceptors (Lipinski definition) is 5. The molecular formula is C18H31NO5. The highest BCUT2D eigenvalue weighted by Crippen LogP contribution is 2.27. The van der Waals surface area contributed by atoms with Crippen molar-refractivity contribution in [2.24, 2.45) is 11.8 Å². The highest BCUT2D eigenvalue weighted by atomic mass is 16.6. The quantitative estimate of drug-likeness (QED) is 0.567. The summed E-state index contributed by atoms with van der Waals surface area (Å²) in [5.74, 6) is -0.803. The average Bonchev–Trinajstić information content (AvgIpc) is 2.48. The summed E-state index contributed by atoms with van der Waals surface area (Å²) in [4.78, 5) is 35.3. The van der Waals surface area contributed by atoms with E-state index in [0.717, 1.165) is 25.5 Å². The summed E-state index contributed by atoms with van der Waals surface area (Å²) in [6, 6.07) is -0.659. The minimum Gasteiger partial charge on any atom is -0.458 e. The normalized spacial score (nSPS) is 22.8. The fourth-order valence-electron chi connectivity index (χ4n) is 2.84. The Kier molecular flexibility index (Phi) is 7.87. The molecule has 3 atom stereocenters. The smallest absolute Gasteiger partial charge is 0.329 e. The van der Waals surface area contributed by atoms with E-state index in [-0.39, 0.29) is 30.5 Å². The number of ether oxygens (including phenoxy) is 2. The van der Waals surface area contributed by atoms with Gasteiger partial charge in [0.1, 0.15) is 24.5 Å². The van der Waals surface area contributed by atoms with Gasteiger partial charge in [0, 0.05) is 5.92 Å². The van der Waals surface area contributed by atoms with E-state index in [4.69, 9.17) is 9.47 Å². The van der Waals surface area contributed by atoms with Crippen LogP contribution in [0.1, 0.15) is 60.3 Å². The summed E-state index contributed by atoms with van der Waals surface area (Å²) < 4.78 is 10.8. The van der Waals surface area contributed by atoms with Gasteiger partial charge in [0.15, 0.2) is 0 Å².